The Morgan fingerprint density at radius 3 is 2.47 bits per heavy atom. The molecule has 2 aliphatic heterocycles. The van der Waals surface area contributed by atoms with Crippen molar-refractivity contribution in [1.29, 1.82) is 0 Å². The molecule has 30 heavy (non-hydrogen) atoms. The number of hydrogen-bond donors (Lipinski definition) is 2. The Morgan fingerprint density at radius 1 is 0.933 bits per heavy atom. The van der Waals surface area contributed by atoms with Crippen LogP contribution < -0.4 is 20.1 Å². The minimum atomic E-state index is -0.648. The zero-order valence-corrected chi connectivity index (χ0v) is 16.6. The standard InChI is InChI=1S/C22H25N3O5/c26-21(23-13-16-4-2-1-3-5-16)22(27)24-14-18(25-8-10-28-11-9-25)17-6-7-19-20(12-17)30-15-29-19/h1-7,12,18H,8-11,13-15H2,(H,23,26)(H,24,27)/t18-/m0/s1. The second kappa shape index (κ2) is 9.60. The van der Waals surface area contributed by atoms with E-state index in [-0.39, 0.29) is 12.8 Å². The first-order chi connectivity index (χ1) is 14.7. The molecule has 2 N–H and O–H groups in total. The zero-order chi connectivity index (χ0) is 20.8. The lowest BCUT2D eigenvalue weighted by molar-refractivity contribution is -0.139. The van der Waals surface area contributed by atoms with Crippen molar-refractivity contribution < 1.29 is 23.8 Å². The highest BCUT2D eigenvalue weighted by atomic mass is 16.7. The molecule has 2 aliphatic rings. The van der Waals surface area contributed by atoms with E-state index in [4.69, 9.17) is 14.2 Å². The van der Waals surface area contributed by atoms with Gasteiger partial charge < -0.3 is 24.8 Å². The van der Waals surface area contributed by atoms with Crippen LogP contribution in [0.1, 0.15) is 17.2 Å². The Morgan fingerprint density at radius 2 is 1.67 bits per heavy atom. The number of nitrogens with one attached hydrogen (secondary N) is 2. The summed E-state index contributed by atoms with van der Waals surface area (Å²) in [4.78, 5) is 26.8. The Hall–Kier alpha value is -3.10. The fraction of sp³-hybridized carbons (Fsp3) is 0.364. The Kier molecular flexibility index (Phi) is 6.46. The Labute approximate surface area is 175 Å². The number of carbonyl (C=O) groups is 2. The predicted octanol–water partition coefficient (Wildman–Crippen LogP) is 1.22. The summed E-state index contributed by atoms with van der Waals surface area (Å²) < 4.78 is 16.4. The molecule has 4 rings (SSSR count). The molecule has 2 aromatic carbocycles. The first kappa shape index (κ1) is 20.2. The minimum Gasteiger partial charge on any atom is -0.454 e. The number of amides is 2. The number of hydrogen-bond acceptors (Lipinski definition) is 6. The average Bonchev–Trinajstić information content (AvgIpc) is 3.27. The monoisotopic (exact) mass is 411 g/mol. The van der Waals surface area contributed by atoms with Gasteiger partial charge in [0.15, 0.2) is 11.5 Å². The van der Waals surface area contributed by atoms with Gasteiger partial charge in [-0.2, -0.15) is 0 Å². The molecule has 0 saturated carbocycles. The molecule has 2 heterocycles. The molecule has 0 unspecified atom stereocenters. The van der Waals surface area contributed by atoms with E-state index in [0.717, 1.165) is 24.2 Å². The summed E-state index contributed by atoms with van der Waals surface area (Å²) in [7, 11) is 0. The van der Waals surface area contributed by atoms with Gasteiger partial charge in [-0.3, -0.25) is 14.5 Å². The molecule has 1 atom stereocenters. The molecule has 0 bridgehead atoms. The Bertz CT molecular complexity index is 884. The minimum absolute atomic E-state index is 0.103. The van der Waals surface area contributed by atoms with Gasteiger partial charge in [0, 0.05) is 26.2 Å². The highest BCUT2D eigenvalue weighted by molar-refractivity contribution is 6.35. The van der Waals surface area contributed by atoms with E-state index in [1.807, 2.05) is 48.5 Å². The molecule has 2 amide bonds. The summed E-state index contributed by atoms with van der Waals surface area (Å²) in [6.07, 6.45) is 0. The van der Waals surface area contributed by atoms with Crippen LogP contribution in [0.25, 0.3) is 0 Å². The van der Waals surface area contributed by atoms with Gasteiger partial charge >= 0.3 is 11.8 Å². The number of carbonyl (C=O) groups excluding carboxylic acids is 2. The number of rotatable bonds is 6. The van der Waals surface area contributed by atoms with E-state index in [1.165, 1.54) is 0 Å². The summed E-state index contributed by atoms with van der Waals surface area (Å²) >= 11 is 0. The van der Waals surface area contributed by atoms with E-state index >= 15 is 0 Å². The first-order valence-corrected chi connectivity index (χ1v) is 10.0. The van der Waals surface area contributed by atoms with Gasteiger partial charge in [-0.1, -0.05) is 36.4 Å². The number of fused-ring (bicyclic) bond motifs is 1. The molecule has 8 nitrogen and oxygen atoms in total. The highest BCUT2D eigenvalue weighted by Crippen LogP contribution is 2.35. The quantitative estimate of drug-likeness (QED) is 0.695. The third-order valence-corrected chi connectivity index (χ3v) is 5.23. The lowest BCUT2D eigenvalue weighted by atomic mass is 10.0. The summed E-state index contributed by atoms with van der Waals surface area (Å²) in [5, 5.41) is 5.43. The van der Waals surface area contributed by atoms with Crippen LogP contribution in [-0.4, -0.2) is 56.4 Å². The number of benzene rings is 2. The van der Waals surface area contributed by atoms with Gasteiger partial charge in [0.2, 0.25) is 6.79 Å². The molecule has 0 aliphatic carbocycles. The third kappa shape index (κ3) is 4.90. The topological polar surface area (TPSA) is 89.1 Å². The van der Waals surface area contributed by atoms with E-state index in [1.54, 1.807) is 0 Å². The van der Waals surface area contributed by atoms with Crippen LogP contribution in [0, 0.1) is 0 Å². The van der Waals surface area contributed by atoms with Crippen molar-refractivity contribution in [2.24, 2.45) is 0 Å². The lowest BCUT2D eigenvalue weighted by Crippen LogP contribution is -2.46. The largest absolute Gasteiger partial charge is 0.454 e. The predicted molar refractivity (Wildman–Crippen MR) is 109 cm³/mol. The number of nitrogens with zero attached hydrogens (tertiary/aromatic N) is 1. The van der Waals surface area contributed by atoms with Crippen molar-refractivity contribution in [3.05, 3.63) is 59.7 Å². The van der Waals surface area contributed by atoms with E-state index < -0.39 is 11.8 Å². The van der Waals surface area contributed by atoms with E-state index in [2.05, 4.69) is 15.5 Å². The van der Waals surface area contributed by atoms with Gasteiger partial charge in [-0.05, 0) is 23.3 Å². The molecule has 2 aromatic rings. The van der Waals surface area contributed by atoms with Gasteiger partial charge in [-0.25, -0.2) is 0 Å². The molecule has 1 saturated heterocycles. The average molecular weight is 411 g/mol. The van der Waals surface area contributed by atoms with Crippen molar-refractivity contribution in [2.75, 3.05) is 39.6 Å². The van der Waals surface area contributed by atoms with Gasteiger partial charge in [0.05, 0.1) is 19.3 Å². The maximum atomic E-state index is 12.4. The smallest absolute Gasteiger partial charge is 0.309 e. The molecule has 0 radical (unpaired) electrons. The van der Waals surface area contributed by atoms with Crippen LogP contribution in [0.2, 0.25) is 0 Å². The molecule has 0 aromatic heterocycles. The summed E-state index contributed by atoms with van der Waals surface area (Å²) in [5.41, 5.74) is 1.93. The summed E-state index contributed by atoms with van der Waals surface area (Å²) in [5.74, 6) is 0.108. The summed E-state index contributed by atoms with van der Waals surface area (Å²) in [6, 6.07) is 15.1. The van der Waals surface area contributed by atoms with Gasteiger partial charge in [-0.15, -0.1) is 0 Å². The van der Waals surface area contributed by atoms with Crippen LogP contribution in [0.5, 0.6) is 11.5 Å². The van der Waals surface area contributed by atoms with Gasteiger partial charge in [0.1, 0.15) is 0 Å². The van der Waals surface area contributed by atoms with Crippen LogP contribution in [0.15, 0.2) is 48.5 Å². The van der Waals surface area contributed by atoms with E-state index in [9.17, 15) is 9.59 Å². The van der Waals surface area contributed by atoms with Crippen LogP contribution in [0.3, 0.4) is 0 Å². The molecule has 1 fully saturated rings. The summed E-state index contributed by atoms with van der Waals surface area (Å²) in [6.45, 7) is 3.57. The van der Waals surface area contributed by atoms with Crippen LogP contribution >= 0.6 is 0 Å². The SMILES string of the molecule is O=C(NCc1ccccc1)C(=O)NC[C@@H](c1ccc2c(c1)OCO2)N1CCOCC1. The van der Waals surface area contributed by atoms with Crippen molar-refractivity contribution in [3.8, 4) is 11.5 Å². The van der Waals surface area contributed by atoms with Crippen LogP contribution in [0.4, 0.5) is 0 Å². The molecular weight excluding hydrogens is 386 g/mol. The van der Waals surface area contributed by atoms with Crippen molar-refractivity contribution in [3.63, 3.8) is 0 Å². The highest BCUT2D eigenvalue weighted by Gasteiger charge is 2.26. The molecular formula is C22H25N3O5. The number of morpholine rings is 1. The zero-order valence-electron chi connectivity index (χ0n) is 16.6. The molecule has 0 spiro atoms. The molecule has 158 valence electrons. The van der Waals surface area contributed by atoms with Crippen molar-refractivity contribution >= 4 is 11.8 Å². The second-order valence-electron chi connectivity index (χ2n) is 7.16. The number of ether oxygens (including phenoxy) is 3. The fourth-order valence-electron chi connectivity index (χ4n) is 3.60. The van der Waals surface area contributed by atoms with Crippen LogP contribution in [-0.2, 0) is 20.9 Å². The van der Waals surface area contributed by atoms with Crippen molar-refractivity contribution in [2.45, 2.75) is 12.6 Å². The normalized spacial score (nSPS) is 16.7. The second-order valence-corrected chi connectivity index (χ2v) is 7.16. The lowest BCUT2D eigenvalue weighted by Gasteiger charge is -2.34. The third-order valence-electron chi connectivity index (χ3n) is 5.23. The van der Waals surface area contributed by atoms with Gasteiger partial charge in [0.25, 0.3) is 0 Å². The van der Waals surface area contributed by atoms with Crippen molar-refractivity contribution in [1.82, 2.24) is 15.5 Å². The molecule has 8 heteroatoms. The maximum absolute atomic E-state index is 12.4. The Balaban J connectivity index is 1.39. The maximum Gasteiger partial charge on any atom is 0.309 e. The van der Waals surface area contributed by atoms with E-state index in [0.29, 0.717) is 37.8 Å². The fourth-order valence-corrected chi connectivity index (χ4v) is 3.60. The first-order valence-electron chi connectivity index (χ1n) is 10.0.